The lowest BCUT2D eigenvalue weighted by Crippen LogP contribution is -2.51. The standard InChI is InChI=1S/C22H23NO4/c1-27-16-12-10-14(11-13-16)20-19(22(25)26)17-8-4-5-9-18(17)21(24)23(20)15-6-2-3-7-15/h4-5,8-13,15,19-20H,2-3,6-7H2,1H3,(H,25,26)/p-1/t19-,20+/m0/s1. The Morgan fingerprint density at radius 2 is 1.74 bits per heavy atom. The van der Waals surface area contributed by atoms with Crippen LogP contribution in [-0.4, -0.2) is 29.9 Å². The van der Waals surface area contributed by atoms with Gasteiger partial charge >= 0.3 is 0 Å². The second kappa shape index (κ2) is 7.06. The summed E-state index contributed by atoms with van der Waals surface area (Å²) in [5, 5.41) is 12.2. The van der Waals surface area contributed by atoms with Crippen LogP contribution in [0.4, 0.5) is 0 Å². The van der Waals surface area contributed by atoms with Crippen molar-refractivity contribution in [3.05, 3.63) is 65.2 Å². The molecular weight excluding hydrogens is 342 g/mol. The number of nitrogens with zero attached hydrogens (tertiary/aromatic N) is 1. The number of ether oxygens (including phenoxy) is 1. The second-order valence-electron chi connectivity index (χ2n) is 7.25. The van der Waals surface area contributed by atoms with Crippen LogP contribution < -0.4 is 9.84 Å². The van der Waals surface area contributed by atoms with Crippen LogP contribution in [0, 0.1) is 0 Å². The molecule has 0 unspecified atom stereocenters. The third-order valence-electron chi connectivity index (χ3n) is 5.81. The van der Waals surface area contributed by atoms with Gasteiger partial charge in [0.2, 0.25) is 0 Å². The molecule has 140 valence electrons. The summed E-state index contributed by atoms with van der Waals surface area (Å²) in [6, 6.07) is 13.8. The number of aliphatic carboxylic acids is 1. The van der Waals surface area contributed by atoms with Gasteiger partial charge in [0.25, 0.3) is 5.91 Å². The molecule has 0 N–H and O–H groups in total. The van der Waals surface area contributed by atoms with E-state index in [2.05, 4.69) is 0 Å². The number of carboxylic acids is 1. The predicted octanol–water partition coefficient (Wildman–Crippen LogP) is 2.67. The number of fused-ring (bicyclic) bond motifs is 1. The first-order chi connectivity index (χ1) is 13.1. The maximum absolute atomic E-state index is 13.4. The highest BCUT2D eigenvalue weighted by Gasteiger charge is 2.44. The molecule has 1 aliphatic carbocycles. The summed E-state index contributed by atoms with van der Waals surface area (Å²) in [6.07, 6.45) is 3.92. The Kier molecular flexibility index (Phi) is 4.60. The lowest BCUT2D eigenvalue weighted by Gasteiger charge is -2.46. The number of carbonyl (C=O) groups is 2. The minimum absolute atomic E-state index is 0.0554. The number of benzene rings is 2. The quantitative estimate of drug-likeness (QED) is 0.836. The van der Waals surface area contributed by atoms with Crippen molar-refractivity contribution in [3.63, 3.8) is 0 Å². The van der Waals surface area contributed by atoms with Gasteiger partial charge < -0.3 is 19.5 Å². The van der Waals surface area contributed by atoms with Crippen LogP contribution in [0.3, 0.4) is 0 Å². The van der Waals surface area contributed by atoms with Gasteiger partial charge in [0.05, 0.1) is 19.1 Å². The minimum Gasteiger partial charge on any atom is -0.549 e. The number of rotatable bonds is 4. The van der Waals surface area contributed by atoms with Crippen LogP contribution in [0.1, 0.15) is 59.1 Å². The normalized spacial score (nSPS) is 22.6. The Bertz CT molecular complexity index is 855. The van der Waals surface area contributed by atoms with Crippen molar-refractivity contribution in [2.24, 2.45) is 0 Å². The number of hydrogen-bond acceptors (Lipinski definition) is 4. The molecule has 5 heteroatoms. The predicted molar refractivity (Wildman–Crippen MR) is 98.4 cm³/mol. The van der Waals surface area contributed by atoms with Crippen molar-refractivity contribution in [2.75, 3.05) is 7.11 Å². The van der Waals surface area contributed by atoms with Crippen LogP contribution in [0.2, 0.25) is 0 Å². The summed E-state index contributed by atoms with van der Waals surface area (Å²) in [6.45, 7) is 0. The van der Waals surface area contributed by atoms with E-state index in [9.17, 15) is 14.7 Å². The fourth-order valence-corrected chi connectivity index (χ4v) is 4.54. The summed E-state index contributed by atoms with van der Waals surface area (Å²) in [7, 11) is 1.59. The van der Waals surface area contributed by atoms with Crippen LogP contribution >= 0.6 is 0 Å². The Morgan fingerprint density at radius 1 is 1.07 bits per heavy atom. The molecular formula is C22H22NO4-. The molecule has 5 nitrogen and oxygen atoms in total. The monoisotopic (exact) mass is 364 g/mol. The first-order valence-corrected chi connectivity index (χ1v) is 9.38. The maximum Gasteiger partial charge on any atom is 0.254 e. The van der Waals surface area contributed by atoms with Gasteiger partial charge in [0, 0.05) is 17.5 Å². The van der Waals surface area contributed by atoms with Crippen LogP contribution in [0.15, 0.2) is 48.5 Å². The zero-order valence-electron chi connectivity index (χ0n) is 15.3. The summed E-state index contributed by atoms with van der Waals surface area (Å²) >= 11 is 0. The van der Waals surface area contributed by atoms with Crippen molar-refractivity contribution in [1.82, 2.24) is 4.90 Å². The molecule has 1 amide bonds. The number of carbonyl (C=O) groups excluding carboxylic acids is 2. The van der Waals surface area contributed by atoms with E-state index in [1.165, 1.54) is 0 Å². The number of methoxy groups -OCH3 is 1. The topological polar surface area (TPSA) is 69.7 Å². The molecule has 0 spiro atoms. The average molecular weight is 364 g/mol. The Morgan fingerprint density at radius 3 is 2.37 bits per heavy atom. The van der Waals surface area contributed by atoms with Crippen molar-refractivity contribution in [1.29, 1.82) is 0 Å². The molecule has 2 aromatic rings. The highest BCUT2D eigenvalue weighted by Crippen LogP contribution is 2.45. The van der Waals surface area contributed by atoms with Gasteiger partial charge in [0.15, 0.2) is 0 Å². The maximum atomic E-state index is 13.4. The van der Waals surface area contributed by atoms with Crippen LogP contribution in [0.5, 0.6) is 5.75 Å². The summed E-state index contributed by atoms with van der Waals surface area (Å²) in [5.74, 6) is -1.44. The molecule has 0 bridgehead atoms. The zero-order valence-corrected chi connectivity index (χ0v) is 15.3. The van der Waals surface area contributed by atoms with Gasteiger partial charge in [-0.3, -0.25) is 4.79 Å². The molecule has 1 fully saturated rings. The van der Waals surface area contributed by atoms with Crippen LogP contribution in [0.25, 0.3) is 0 Å². The number of carboxylic acid groups (broad SMARTS) is 1. The lowest BCUT2D eigenvalue weighted by molar-refractivity contribution is -0.309. The molecule has 0 radical (unpaired) electrons. The third kappa shape index (κ3) is 2.97. The molecule has 2 aliphatic rings. The largest absolute Gasteiger partial charge is 0.549 e. The number of hydrogen-bond donors (Lipinski definition) is 0. The lowest BCUT2D eigenvalue weighted by atomic mass is 9.79. The van der Waals surface area contributed by atoms with Crippen molar-refractivity contribution >= 4 is 11.9 Å². The van der Waals surface area contributed by atoms with E-state index in [0.29, 0.717) is 16.9 Å². The molecule has 0 saturated heterocycles. The minimum atomic E-state index is -1.15. The fourth-order valence-electron chi connectivity index (χ4n) is 4.54. The van der Waals surface area contributed by atoms with E-state index >= 15 is 0 Å². The van der Waals surface area contributed by atoms with Gasteiger partial charge in [-0.15, -0.1) is 0 Å². The molecule has 1 heterocycles. The van der Waals surface area contributed by atoms with Gasteiger partial charge in [-0.2, -0.15) is 0 Å². The molecule has 4 rings (SSSR count). The van der Waals surface area contributed by atoms with E-state index in [1.807, 2.05) is 12.1 Å². The molecule has 2 aromatic carbocycles. The van der Waals surface area contributed by atoms with Crippen molar-refractivity contribution in [3.8, 4) is 5.75 Å². The first-order valence-electron chi connectivity index (χ1n) is 9.38. The summed E-state index contributed by atoms with van der Waals surface area (Å²) < 4.78 is 5.23. The van der Waals surface area contributed by atoms with E-state index in [4.69, 9.17) is 4.74 Å². The third-order valence-corrected chi connectivity index (χ3v) is 5.81. The van der Waals surface area contributed by atoms with Gasteiger partial charge in [-0.25, -0.2) is 0 Å². The Balaban J connectivity index is 1.88. The van der Waals surface area contributed by atoms with Gasteiger partial charge in [-0.05, 0) is 42.2 Å². The highest BCUT2D eigenvalue weighted by atomic mass is 16.5. The van der Waals surface area contributed by atoms with E-state index in [-0.39, 0.29) is 11.9 Å². The molecule has 1 aliphatic heterocycles. The average Bonchev–Trinajstić information content (AvgIpc) is 3.22. The summed E-state index contributed by atoms with van der Waals surface area (Å²) in [4.78, 5) is 27.4. The Labute approximate surface area is 158 Å². The molecule has 27 heavy (non-hydrogen) atoms. The molecule has 0 aromatic heterocycles. The van der Waals surface area contributed by atoms with Gasteiger partial charge in [-0.1, -0.05) is 43.2 Å². The van der Waals surface area contributed by atoms with Crippen molar-refractivity contribution in [2.45, 2.75) is 43.7 Å². The van der Waals surface area contributed by atoms with E-state index < -0.39 is 17.9 Å². The molecule has 2 atom stereocenters. The summed E-state index contributed by atoms with van der Waals surface area (Å²) in [5.41, 5.74) is 1.81. The van der Waals surface area contributed by atoms with Gasteiger partial charge in [0.1, 0.15) is 5.75 Å². The van der Waals surface area contributed by atoms with Crippen molar-refractivity contribution < 1.29 is 19.4 Å². The first kappa shape index (κ1) is 17.6. The van der Waals surface area contributed by atoms with E-state index in [0.717, 1.165) is 31.2 Å². The smallest absolute Gasteiger partial charge is 0.254 e. The van der Waals surface area contributed by atoms with Crippen LogP contribution in [-0.2, 0) is 4.79 Å². The fraction of sp³-hybridized carbons (Fsp3) is 0.364. The molecule has 1 saturated carbocycles. The number of amides is 1. The van der Waals surface area contributed by atoms with E-state index in [1.54, 1.807) is 48.4 Å². The Hall–Kier alpha value is -2.82. The zero-order chi connectivity index (χ0) is 19.0. The second-order valence-corrected chi connectivity index (χ2v) is 7.25. The SMILES string of the molecule is COc1ccc([C@@H]2[C@@H](C(=O)[O-])c3ccccc3C(=O)N2C2CCCC2)cc1. The highest BCUT2D eigenvalue weighted by molar-refractivity contribution is 6.00.